The molecule has 3 N–H and O–H groups in total. The van der Waals surface area contributed by atoms with Crippen LogP contribution in [0.5, 0.6) is 5.75 Å². The summed E-state index contributed by atoms with van der Waals surface area (Å²) in [5, 5.41) is 21.0. The number of hydrogen-bond acceptors (Lipinski definition) is 4. The molecule has 0 aliphatic carbocycles. The molecule has 0 saturated carbocycles. The quantitative estimate of drug-likeness (QED) is 0.761. The number of carbonyl (C=O) groups is 2. The van der Waals surface area contributed by atoms with E-state index in [-0.39, 0.29) is 25.3 Å². The third kappa shape index (κ3) is 5.35. The molecular formula is C17H17NO5. The van der Waals surface area contributed by atoms with Gasteiger partial charge in [-0.3, -0.25) is 4.79 Å². The number of phenolic OH excluding ortho intramolecular Hbond substituents is 1. The standard InChI is InChI=1S/C17H17NO5/c19-15-8-13(6-7-14(15)9-16(20)21)10-18-17(22)23-11-12-4-2-1-3-5-12/h1-8,19H,9-11H2,(H,18,22)(H,20,21). The van der Waals surface area contributed by atoms with Crippen LogP contribution in [0.25, 0.3) is 0 Å². The lowest BCUT2D eigenvalue weighted by Gasteiger charge is -2.09. The molecule has 0 aromatic heterocycles. The lowest BCUT2D eigenvalue weighted by Crippen LogP contribution is -2.23. The SMILES string of the molecule is O=C(O)Cc1ccc(CNC(=O)OCc2ccccc2)cc1O. The lowest BCUT2D eigenvalue weighted by molar-refractivity contribution is -0.136. The molecule has 6 heteroatoms. The summed E-state index contributed by atoms with van der Waals surface area (Å²) in [6.07, 6.45) is -0.818. The molecule has 2 rings (SSSR count). The number of carboxylic acid groups (broad SMARTS) is 1. The maximum atomic E-state index is 11.6. The van der Waals surface area contributed by atoms with Gasteiger partial charge in [-0.2, -0.15) is 0 Å². The number of nitrogens with one attached hydrogen (secondary N) is 1. The average Bonchev–Trinajstić information content (AvgIpc) is 2.54. The molecule has 0 atom stereocenters. The van der Waals surface area contributed by atoms with Gasteiger partial charge in [0.2, 0.25) is 0 Å². The summed E-state index contributed by atoms with van der Waals surface area (Å²) in [5.41, 5.74) is 1.86. The van der Waals surface area contributed by atoms with E-state index in [1.165, 1.54) is 12.1 Å². The molecule has 0 heterocycles. The summed E-state index contributed by atoms with van der Waals surface area (Å²) >= 11 is 0. The van der Waals surface area contributed by atoms with Crippen molar-refractivity contribution in [2.75, 3.05) is 0 Å². The third-order valence-corrected chi connectivity index (χ3v) is 3.14. The van der Waals surface area contributed by atoms with Crippen molar-refractivity contribution in [2.24, 2.45) is 0 Å². The molecule has 2 aromatic carbocycles. The number of ether oxygens (including phenoxy) is 1. The first-order valence-electron chi connectivity index (χ1n) is 7.01. The molecule has 2 aromatic rings. The molecule has 0 radical (unpaired) electrons. The van der Waals surface area contributed by atoms with Gasteiger partial charge in [0.15, 0.2) is 0 Å². The van der Waals surface area contributed by atoms with Crippen LogP contribution in [-0.2, 0) is 29.1 Å². The molecule has 0 aliphatic rings. The number of alkyl carbamates (subject to hydrolysis) is 1. The van der Waals surface area contributed by atoms with Crippen molar-refractivity contribution in [2.45, 2.75) is 19.6 Å². The number of phenols is 1. The van der Waals surface area contributed by atoms with E-state index in [4.69, 9.17) is 9.84 Å². The van der Waals surface area contributed by atoms with Crippen LogP contribution in [0.3, 0.4) is 0 Å². The van der Waals surface area contributed by atoms with Gasteiger partial charge in [0.05, 0.1) is 6.42 Å². The normalized spacial score (nSPS) is 10.1. The molecule has 0 bridgehead atoms. The molecule has 0 spiro atoms. The summed E-state index contributed by atoms with van der Waals surface area (Å²) in [6.45, 7) is 0.351. The monoisotopic (exact) mass is 315 g/mol. The number of rotatable bonds is 6. The minimum atomic E-state index is -1.02. The lowest BCUT2D eigenvalue weighted by atomic mass is 10.1. The third-order valence-electron chi connectivity index (χ3n) is 3.14. The number of carbonyl (C=O) groups excluding carboxylic acids is 1. The number of benzene rings is 2. The number of aromatic hydroxyl groups is 1. The maximum Gasteiger partial charge on any atom is 0.407 e. The zero-order valence-corrected chi connectivity index (χ0v) is 12.4. The number of aliphatic carboxylic acids is 1. The Bertz CT molecular complexity index is 685. The van der Waals surface area contributed by atoms with E-state index in [2.05, 4.69) is 5.32 Å². The van der Waals surface area contributed by atoms with E-state index >= 15 is 0 Å². The Kier molecular flexibility index (Phi) is 5.57. The van der Waals surface area contributed by atoms with Crippen LogP contribution in [0, 0.1) is 0 Å². The van der Waals surface area contributed by atoms with Gasteiger partial charge in [-0.25, -0.2) is 4.79 Å². The second kappa shape index (κ2) is 7.84. The fourth-order valence-electron chi connectivity index (χ4n) is 1.98. The highest BCUT2D eigenvalue weighted by Gasteiger charge is 2.08. The molecule has 0 aliphatic heterocycles. The fourth-order valence-corrected chi connectivity index (χ4v) is 1.98. The average molecular weight is 315 g/mol. The largest absolute Gasteiger partial charge is 0.508 e. The van der Waals surface area contributed by atoms with Gasteiger partial charge < -0.3 is 20.3 Å². The highest BCUT2D eigenvalue weighted by atomic mass is 16.5. The molecule has 23 heavy (non-hydrogen) atoms. The van der Waals surface area contributed by atoms with Gasteiger partial charge in [0.25, 0.3) is 0 Å². The molecule has 6 nitrogen and oxygen atoms in total. The second-order valence-electron chi connectivity index (χ2n) is 4.95. The predicted octanol–water partition coefficient (Wildman–Crippen LogP) is 2.45. The summed E-state index contributed by atoms with van der Waals surface area (Å²) in [5.74, 6) is -1.12. The Balaban J connectivity index is 1.82. The first-order valence-corrected chi connectivity index (χ1v) is 7.01. The van der Waals surface area contributed by atoms with Gasteiger partial charge in [0.1, 0.15) is 12.4 Å². The zero-order valence-electron chi connectivity index (χ0n) is 12.4. The van der Waals surface area contributed by atoms with Crippen molar-refractivity contribution >= 4 is 12.1 Å². The first-order chi connectivity index (χ1) is 11.0. The van der Waals surface area contributed by atoms with Crippen LogP contribution in [-0.4, -0.2) is 22.3 Å². The topological polar surface area (TPSA) is 95.9 Å². The van der Waals surface area contributed by atoms with Crippen LogP contribution in [0.2, 0.25) is 0 Å². The Morgan fingerprint density at radius 3 is 2.43 bits per heavy atom. The Hall–Kier alpha value is -3.02. The Labute approximate surface area is 133 Å². The van der Waals surface area contributed by atoms with E-state index < -0.39 is 12.1 Å². The molecule has 1 amide bonds. The minimum absolute atomic E-state index is 0.107. The molecule has 120 valence electrons. The second-order valence-corrected chi connectivity index (χ2v) is 4.95. The van der Waals surface area contributed by atoms with Crippen molar-refractivity contribution in [1.29, 1.82) is 0 Å². The zero-order chi connectivity index (χ0) is 16.7. The van der Waals surface area contributed by atoms with Crippen LogP contribution >= 0.6 is 0 Å². The van der Waals surface area contributed by atoms with Gasteiger partial charge >= 0.3 is 12.1 Å². The Morgan fingerprint density at radius 1 is 1.04 bits per heavy atom. The number of carboxylic acids is 1. The van der Waals surface area contributed by atoms with Gasteiger partial charge in [-0.05, 0) is 17.2 Å². The summed E-state index contributed by atoms with van der Waals surface area (Å²) < 4.78 is 5.07. The number of hydrogen-bond donors (Lipinski definition) is 3. The highest BCUT2D eigenvalue weighted by Crippen LogP contribution is 2.19. The van der Waals surface area contributed by atoms with Crippen LogP contribution in [0.1, 0.15) is 16.7 Å². The number of amides is 1. The van der Waals surface area contributed by atoms with Gasteiger partial charge in [-0.1, -0.05) is 42.5 Å². The summed E-state index contributed by atoms with van der Waals surface area (Å²) in [7, 11) is 0. The van der Waals surface area contributed by atoms with Gasteiger partial charge in [0, 0.05) is 12.1 Å². The van der Waals surface area contributed by atoms with Crippen LogP contribution < -0.4 is 5.32 Å². The van der Waals surface area contributed by atoms with Crippen molar-refractivity contribution < 1.29 is 24.5 Å². The van der Waals surface area contributed by atoms with Crippen molar-refractivity contribution in [3.8, 4) is 5.75 Å². The van der Waals surface area contributed by atoms with Crippen LogP contribution in [0.15, 0.2) is 48.5 Å². The van der Waals surface area contributed by atoms with E-state index in [1.807, 2.05) is 30.3 Å². The van der Waals surface area contributed by atoms with Gasteiger partial charge in [-0.15, -0.1) is 0 Å². The maximum absolute atomic E-state index is 11.6. The predicted molar refractivity (Wildman–Crippen MR) is 82.9 cm³/mol. The highest BCUT2D eigenvalue weighted by molar-refractivity contribution is 5.71. The van der Waals surface area contributed by atoms with E-state index in [1.54, 1.807) is 6.07 Å². The Morgan fingerprint density at radius 2 is 1.78 bits per heavy atom. The summed E-state index contributed by atoms with van der Waals surface area (Å²) in [4.78, 5) is 22.2. The smallest absolute Gasteiger partial charge is 0.407 e. The fraction of sp³-hybridized carbons (Fsp3) is 0.176. The van der Waals surface area contributed by atoms with Crippen molar-refractivity contribution in [1.82, 2.24) is 5.32 Å². The minimum Gasteiger partial charge on any atom is -0.508 e. The van der Waals surface area contributed by atoms with E-state index in [0.29, 0.717) is 11.1 Å². The molecule has 0 fully saturated rings. The molecular weight excluding hydrogens is 298 g/mol. The first kappa shape index (κ1) is 16.4. The molecule has 0 saturated heterocycles. The van der Waals surface area contributed by atoms with Crippen molar-refractivity contribution in [3.05, 3.63) is 65.2 Å². The van der Waals surface area contributed by atoms with E-state index in [9.17, 15) is 14.7 Å². The summed E-state index contributed by atoms with van der Waals surface area (Å²) in [6, 6.07) is 13.9. The van der Waals surface area contributed by atoms with Crippen LogP contribution in [0.4, 0.5) is 4.79 Å². The molecule has 0 unspecified atom stereocenters. The van der Waals surface area contributed by atoms with E-state index in [0.717, 1.165) is 5.56 Å². The van der Waals surface area contributed by atoms with Crippen molar-refractivity contribution in [3.63, 3.8) is 0 Å².